The first kappa shape index (κ1) is 20.1. The first-order chi connectivity index (χ1) is 10.9. The standard InChI is InChI=1S/C14H15F6NO3/c1-21(2)7-8-23-11(22)9-3-5-10(6-4-9)24-14(19,20)12(15)13(16,17)18/h3-6,12H,7-8H2,1-2H3. The summed E-state index contributed by atoms with van der Waals surface area (Å²) in [5.41, 5.74) is -0.0166. The van der Waals surface area contributed by atoms with Gasteiger partial charge < -0.3 is 14.4 Å². The molecule has 0 saturated carbocycles. The van der Waals surface area contributed by atoms with E-state index in [-0.39, 0.29) is 12.2 Å². The van der Waals surface area contributed by atoms with Gasteiger partial charge in [-0.25, -0.2) is 9.18 Å². The van der Waals surface area contributed by atoms with Crippen molar-refractivity contribution in [2.75, 3.05) is 27.2 Å². The number of rotatable bonds is 7. The Morgan fingerprint density at radius 2 is 1.67 bits per heavy atom. The molecule has 1 unspecified atom stereocenters. The molecule has 0 spiro atoms. The molecule has 1 aromatic rings. The lowest BCUT2D eigenvalue weighted by atomic mass is 10.2. The third kappa shape index (κ3) is 5.91. The van der Waals surface area contributed by atoms with Crippen LogP contribution in [0.1, 0.15) is 10.4 Å². The number of hydrogen-bond acceptors (Lipinski definition) is 4. The van der Waals surface area contributed by atoms with E-state index in [1.807, 2.05) is 0 Å². The summed E-state index contributed by atoms with van der Waals surface area (Å²) in [5, 5.41) is 0. The van der Waals surface area contributed by atoms with Crippen LogP contribution >= 0.6 is 0 Å². The second kappa shape index (κ2) is 7.73. The highest BCUT2D eigenvalue weighted by Gasteiger charge is 2.59. The van der Waals surface area contributed by atoms with Gasteiger partial charge in [-0.3, -0.25) is 0 Å². The highest BCUT2D eigenvalue weighted by molar-refractivity contribution is 5.89. The number of alkyl halides is 6. The normalized spacial score (nSPS) is 13.7. The average Bonchev–Trinajstić information content (AvgIpc) is 2.45. The molecule has 0 radical (unpaired) electrons. The van der Waals surface area contributed by atoms with Gasteiger partial charge in [-0.2, -0.15) is 22.0 Å². The van der Waals surface area contributed by atoms with Crippen molar-refractivity contribution >= 4 is 5.97 Å². The van der Waals surface area contributed by atoms with Gasteiger partial charge in [0.1, 0.15) is 12.4 Å². The molecule has 4 nitrogen and oxygen atoms in total. The summed E-state index contributed by atoms with van der Waals surface area (Å²) in [6, 6.07) is 3.67. The molecule has 136 valence electrons. The van der Waals surface area contributed by atoms with E-state index < -0.39 is 30.2 Å². The molecule has 0 bridgehead atoms. The summed E-state index contributed by atoms with van der Waals surface area (Å²) in [4.78, 5) is 13.4. The average molecular weight is 359 g/mol. The summed E-state index contributed by atoms with van der Waals surface area (Å²) in [5.74, 6) is -1.47. The molecular formula is C14H15F6NO3. The molecule has 0 N–H and O–H groups in total. The zero-order valence-corrected chi connectivity index (χ0v) is 12.7. The molecule has 0 saturated heterocycles. The largest absolute Gasteiger partial charge is 0.461 e. The van der Waals surface area contributed by atoms with Crippen molar-refractivity contribution in [1.29, 1.82) is 0 Å². The lowest BCUT2D eigenvalue weighted by molar-refractivity contribution is -0.304. The summed E-state index contributed by atoms with van der Waals surface area (Å²) in [6.45, 7) is 0.561. The molecule has 0 aromatic heterocycles. The van der Waals surface area contributed by atoms with Crippen LogP contribution in [0, 0.1) is 0 Å². The Balaban J connectivity index is 2.69. The summed E-state index contributed by atoms with van der Waals surface area (Å²) < 4.78 is 83.5. The Morgan fingerprint density at radius 1 is 1.12 bits per heavy atom. The van der Waals surface area contributed by atoms with Crippen LogP contribution in [-0.4, -0.2) is 56.6 Å². The number of halogens is 6. The van der Waals surface area contributed by atoms with Gasteiger partial charge in [0.15, 0.2) is 0 Å². The molecule has 0 amide bonds. The van der Waals surface area contributed by atoms with Crippen LogP contribution in [-0.2, 0) is 4.74 Å². The highest BCUT2D eigenvalue weighted by atomic mass is 19.4. The van der Waals surface area contributed by atoms with Crippen LogP contribution in [0.2, 0.25) is 0 Å². The maximum Gasteiger partial charge on any atom is 0.439 e. The van der Waals surface area contributed by atoms with Crippen molar-refractivity contribution in [3.05, 3.63) is 29.8 Å². The number of nitrogens with zero attached hydrogens (tertiary/aromatic N) is 1. The third-order valence-electron chi connectivity index (χ3n) is 2.70. The molecule has 0 heterocycles. The number of esters is 1. The minimum absolute atomic E-state index is 0.0166. The lowest BCUT2D eigenvalue weighted by Crippen LogP contribution is -2.45. The summed E-state index contributed by atoms with van der Waals surface area (Å²) in [7, 11) is 3.53. The molecule has 1 rings (SSSR count). The molecule has 24 heavy (non-hydrogen) atoms. The first-order valence-corrected chi connectivity index (χ1v) is 6.63. The van der Waals surface area contributed by atoms with Crippen LogP contribution in [0.3, 0.4) is 0 Å². The van der Waals surface area contributed by atoms with E-state index in [0.29, 0.717) is 6.54 Å². The number of ether oxygens (including phenoxy) is 2. The third-order valence-corrected chi connectivity index (χ3v) is 2.70. The number of hydrogen-bond donors (Lipinski definition) is 0. The van der Waals surface area contributed by atoms with Crippen molar-refractivity contribution in [3.63, 3.8) is 0 Å². The lowest BCUT2D eigenvalue weighted by Gasteiger charge is -2.23. The molecule has 10 heteroatoms. The van der Waals surface area contributed by atoms with E-state index in [4.69, 9.17) is 4.74 Å². The Hall–Kier alpha value is -1.97. The second-order valence-corrected chi connectivity index (χ2v) is 5.03. The van der Waals surface area contributed by atoms with Gasteiger partial charge in [-0.15, -0.1) is 0 Å². The van der Waals surface area contributed by atoms with Crippen LogP contribution < -0.4 is 4.74 Å². The molecule has 0 aliphatic carbocycles. The molecule has 0 aliphatic heterocycles. The van der Waals surface area contributed by atoms with Gasteiger partial charge in [0.2, 0.25) is 0 Å². The molecule has 1 atom stereocenters. The maximum atomic E-state index is 13.1. The fourth-order valence-electron chi connectivity index (χ4n) is 1.46. The van der Waals surface area contributed by atoms with E-state index >= 15 is 0 Å². The van der Waals surface area contributed by atoms with Gasteiger partial charge in [-0.1, -0.05) is 0 Å². The summed E-state index contributed by atoms with van der Waals surface area (Å²) >= 11 is 0. The zero-order valence-electron chi connectivity index (χ0n) is 12.7. The van der Waals surface area contributed by atoms with E-state index in [0.717, 1.165) is 24.3 Å². The van der Waals surface area contributed by atoms with E-state index in [1.165, 1.54) is 0 Å². The Bertz CT molecular complexity index is 544. The minimum Gasteiger partial charge on any atom is -0.461 e. The van der Waals surface area contributed by atoms with Gasteiger partial charge in [0, 0.05) is 6.54 Å². The maximum absolute atomic E-state index is 13.1. The van der Waals surface area contributed by atoms with E-state index in [1.54, 1.807) is 19.0 Å². The SMILES string of the molecule is CN(C)CCOC(=O)c1ccc(OC(F)(F)C(F)C(F)(F)F)cc1. The monoisotopic (exact) mass is 359 g/mol. The van der Waals surface area contributed by atoms with Gasteiger partial charge in [0.05, 0.1) is 5.56 Å². The number of carbonyl (C=O) groups is 1. The molecule has 0 fully saturated rings. The molecule has 0 aliphatic rings. The molecule has 1 aromatic carbocycles. The topological polar surface area (TPSA) is 38.8 Å². The van der Waals surface area contributed by atoms with Crippen molar-refractivity contribution in [1.82, 2.24) is 4.90 Å². The Morgan fingerprint density at radius 3 is 2.12 bits per heavy atom. The van der Waals surface area contributed by atoms with Gasteiger partial charge in [0.25, 0.3) is 6.17 Å². The predicted molar refractivity (Wildman–Crippen MR) is 71.8 cm³/mol. The Labute approximate surface area is 133 Å². The van der Waals surface area contributed by atoms with Crippen molar-refractivity contribution in [2.24, 2.45) is 0 Å². The number of carbonyl (C=O) groups excluding carboxylic acids is 1. The van der Waals surface area contributed by atoms with Crippen LogP contribution in [0.5, 0.6) is 5.75 Å². The zero-order chi connectivity index (χ0) is 18.5. The quantitative estimate of drug-likeness (QED) is 0.553. The van der Waals surface area contributed by atoms with Gasteiger partial charge in [-0.05, 0) is 38.4 Å². The van der Waals surface area contributed by atoms with Crippen LogP contribution in [0.15, 0.2) is 24.3 Å². The highest BCUT2D eigenvalue weighted by Crippen LogP contribution is 2.36. The van der Waals surface area contributed by atoms with E-state index in [9.17, 15) is 31.1 Å². The predicted octanol–water partition coefficient (Wildman–Crippen LogP) is 3.28. The van der Waals surface area contributed by atoms with Gasteiger partial charge >= 0.3 is 18.3 Å². The number of benzene rings is 1. The van der Waals surface area contributed by atoms with Crippen LogP contribution in [0.25, 0.3) is 0 Å². The van der Waals surface area contributed by atoms with Crippen LogP contribution in [0.4, 0.5) is 26.3 Å². The van der Waals surface area contributed by atoms with E-state index in [2.05, 4.69) is 4.74 Å². The first-order valence-electron chi connectivity index (χ1n) is 6.63. The smallest absolute Gasteiger partial charge is 0.439 e. The number of likely N-dealkylation sites (N-methyl/N-ethyl adjacent to an activating group) is 1. The molecular weight excluding hydrogens is 344 g/mol. The fraction of sp³-hybridized carbons (Fsp3) is 0.500. The second-order valence-electron chi connectivity index (χ2n) is 5.03. The Kier molecular flexibility index (Phi) is 6.47. The summed E-state index contributed by atoms with van der Waals surface area (Å²) in [6.07, 6.45) is -15.3. The van der Waals surface area contributed by atoms with Crippen molar-refractivity contribution in [2.45, 2.75) is 18.5 Å². The van der Waals surface area contributed by atoms with Crippen molar-refractivity contribution in [3.8, 4) is 5.75 Å². The fourth-order valence-corrected chi connectivity index (χ4v) is 1.46. The van der Waals surface area contributed by atoms with Crippen molar-refractivity contribution < 1.29 is 40.6 Å². The minimum atomic E-state index is -5.76.